The maximum absolute atomic E-state index is 12.5. The molecule has 0 aliphatic heterocycles. The molecule has 8 nitrogen and oxygen atoms in total. The highest BCUT2D eigenvalue weighted by Crippen LogP contribution is 2.29. The number of ether oxygens (including phenoxy) is 1. The zero-order valence-electron chi connectivity index (χ0n) is 15.4. The highest BCUT2D eigenvalue weighted by Gasteiger charge is 2.17. The third kappa shape index (κ3) is 3.98. The number of benzene rings is 2. The molecule has 0 aliphatic carbocycles. The summed E-state index contributed by atoms with van der Waals surface area (Å²) < 4.78 is 34.4. The van der Waals surface area contributed by atoms with Gasteiger partial charge in [0.2, 0.25) is 0 Å². The molecule has 0 atom stereocenters. The molecule has 1 amide bonds. The number of nitrogens with one attached hydrogen (secondary N) is 1. The quantitative estimate of drug-likeness (QED) is 0.516. The van der Waals surface area contributed by atoms with E-state index in [-0.39, 0.29) is 10.6 Å². The second-order valence-electron chi connectivity index (χ2n) is 6.18. The number of carbonyl (C=O) groups excluding carboxylic acids is 1. The molecular formula is C19H15N3O5S2. The van der Waals surface area contributed by atoms with Gasteiger partial charge in [-0.3, -0.25) is 10.1 Å². The van der Waals surface area contributed by atoms with E-state index in [0.29, 0.717) is 26.9 Å². The van der Waals surface area contributed by atoms with Gasteiger partial charge in [0.05, 0.1) is 22.2 Å². The summed E-state index contributed by atoms with van der Waals surface area (Å²) in [7, 11) is -1.74. The molecule has 0 saturated carbocycles. The lowest BCUT2D eigenvalue weighted by molar-refractivity contribution is 0.101. The molecule has 4 rings (SSSR count). The largest absolute Gasteiger partial charge is 0.497 e. The molecular weight excluding hydrogens is 414 g/mol. The van der Waals surface area contributed by atoms with Gasteiger partial charge in [-0.1, -0.05) is 16.5 Å². The molecule has 29 heavy (non-hydrogen) atoms. The van der Waals surface area contributed by atoms with E-state index in [2.05, 4.69) is 15.5 Å². The normalized spacial score (nSPS) is 11.5. The lowest BCUT2D eigenvalue weighted by Gasteiger charge is -1.99. The molecule has 148 valence electrons. The van der Waals surface area contributed by atoms with Gasteiger partial charge in [-0.25, -0.2) is 13.4 Å². The third-order valence-electron chi connectivity index (χ3n) is 4.13. The Kier molecular flexibility index (Phi) is 4.81. The number of thiazole rings is 1. The van der Waals surface area contributed by atoms with Crippen LogP contribution in [-0.4, -0.2) is 37.8 Å². The van der Waals surface area contributed by atoms with Gasteiger partial charge in [-0.05, 0) is 42.5 Å². The van der Waals surface area contributed by atoms with E-state index in [4.69, 9.17) is 9.26 Å². The Bertz CT molecular complexity index is 1310. The molecule has 2 aromatic carbocycles. The number of aromatic nitrogens is 2. The summed E-state index contributed by atoms with van der Waals surface area (Å²) in [5, 5.41) is 6.81. The lowest BCUT2D eigenvalue weighted by atomic mass is 10.1. The molecule has 0 fully saturated rings. The van der Waals surface area contributed by atoms with Crippen LogP contribution < -0.4 is 10.1 Å². The third-order valence-corrected chi connectivity index (χ3v) is 6.17. The van der Waals surface area contributed by atoms with Crippen LogP contribution >= 0.6 is 11.3 Å². The smallest absolute Gasteiger partial charge is 0.279 e. The Morgan fingerprint density at radius 2 is 1.90 bits per heavy atom. The zero-order chi connectivity index (χ0) is 20.6. The Balaban J connectivity index is 1.54. The summed E-state index contributed by atoms with van der Waals surface area (Å²) in [5.74, 6) is 0.678. The minimum Gasteiger partial charge on any atom is -0.497 e. The monoisotopic (exact) mass is 429 g/mol. The van der Waals surface area contributed by atoms with Gasteiger partial charge in [0.25, 0.3) is 5.91 Å². The number of amides is 1. The summed E-state index contributed by atoms with van der Waals surface area (Å²) in [4.78, 5) is 17.0. The molecule has 0 spiro atoms. The van der Waals surface area contributed by atoms with Gasteiger partial charge in [0, 0.05) is 17.9 Å². The summed E-state index contributed by atoms with van der Waals surface area (Å²) in [6.07, 6.45) is 1.14. The highest BCUT2D eigenvalue weighted by atomic mass is 32.2. The number of hydrogen-bond acceptors (Lipinski definition) is 8. The number of anilines is 1. The van der Waals surface area contributed by atoms with Crippen molar-refractivity contribution in [3.63, 3.8) is 0 Å². The van der Waals surface area contributed by atoms with Crippen molar-refractivity contribution in [1.82, 2.24) is 10.1 Å². The molecule has 0 radical (unpaired) electrons. The predicted molar refractivity (Wildman–Crippen MR) is 109 cm³/mol. The average Bonchev–Trinajstić information content (AvgIpc) is 3.33. The summed E-state index contributed by atoms with van der Waals surface area (Å²) in [5.41, 5.74) is 1.45. The maximum atomic E-state index is 12.5. The zero-order valence-corrected chi connectivity index (χ0v) is 17.0. The number of sulfone groups is 1. The fourth-order valence-corrected chi connectivity index (χ4v) is 4.25. The number of methoxy groups -OCH3 is 1. The second-order valence-corrected chi connectivity index (χ2v) is 9.23. The van der Waals surface area contributed by atoms with Crippen LogP contribution in [0.25, 0.3) is 21.5 Å². The van der Waals surface area contributed by atoms with Gasteiger partial charge < -0.3 is 9.26 Å². The van der Waals surface area contributed by atoms with Gasteiger partial charge in [0.1, 0.15) is 5.75 Å². The standard InChI is InChI=1S/C19H15N3O5S2/c1-26-12-5-3-11(4-6-12)16-10-15(22-27-16)18(23)21-19-20-14-8-7-13(29(2,24)25)9-17(14)28-19/h3-10H,1-2H3,(H,20,21,23). The van der Waals surface area contributed by atoms with Crippen LogP contribution in [0.4, 0.5) is 5.13 Å². The van der Waals surface area contributed by atoms with Gasteiger partial charge >= 0.3 is 0 Å². The molecule has 4 aromatic rings. The van der Waals surface area contributed by atoms with Crippen molar-refractivity contribution in [1.29, 1.82) is 0 Å². The van der Waals surface area contributed by atoms with E-state index in [1.807, 2.05) is 0 Å². The van der Waals surface area contributed by atoms with E-state index in [9.17, 15) is 13.2 Å². The van der Waals surface area contributed by atoms with Crippen molar-refractivity contribution >= 4 is 42.4 Å². The number of fused-ring (bicyclic) bond motifs is 1. The first-order chi connectivity index (χ1) is 13.8. The molecule has 0 saturated heterocycles. The first-order valence-corrected chi connectivity index (χ1v) is 11.1. The van der Waals surface area contributed by atoms with Gasteiger partial charge in [-0.2, -0.15) is 0 Å². The lowest BCUT2D eigenvalue weighted by Crippen LogP contribution is -2.11. The van der Waals surface area contributed by atoms with Crippen molar-refractivity contribution in [2.24, 2.45) is 0 Å². The highest BCUT2D eigenvalue weighted by molar-refractivity contribution is 7.90. The average molecular weight is 429 g/mol. The van der Waals surface area contributed by atoms with Crippen LogP contribution in [0.5, 0.6) is 5.75 Å². The fraction of sp³-hybridized carbons (Fsp3) is 0.105. The minimum absolute atomic E-state index is 0.104. The van der Waals surface area contributed by atoms with Crippen LogP contribution in [0.3, 0.4) is 0 Å². The van der Waals surface area contributed by atoms with Gasteiger partial charge in [0.15, 0.2) is 26.4 Å². The van der Waals surface area contributed by atoms with E-state index in [0.717, 1.165) is 11.8 Å². The summed E-state index contributed by atoms with van der Waals surface area (Å²) >= 11 is 1.18. The first-order valence-electron chi connectivity index (χ1n) is 8.36. The molecule has 2 heterocycles. The van der Waals surface area contributed by atoms with E-state index in [1.165, 1.54) is 29.5 Å². The SMILES string of the molecule is COc1ccc(-c2cc(C(=O)Nc3nc4ccc(S(C)(=O)=O)cc4s3)no2)cc1. The Morgan fingerprint density at radius 3 is 2.59 bits per heavy atom. The van der Waals surface area contributed by atoms with E-state index >= 15 is 0 Å². The number of hydrogen-bond donors (Lipinski definition) is 1. The van der Waals surface area contributed by atoms with E-state index < -0.39 is 15.7 Å². The van der Waals surface area contributed by atoms with Crippen LogP contribution in [0.2, 0.25) is 0 Å². The Hall–Kier alpha value is -3.24. The first kappa shape index (κ1) is 19.1. The molecule has 0 unspecified atom stereocenters. The summed E-state index contributed by atoms with van der Waals surface area (Å²) in [6.45, 7) is 0. The number of nitrogens with zero attached hydrogens (tertiary/aromatic N) is 2. The number of rotatable bonds is 5. The molecule has 2 aromatic heterocycles. The van der Waals surface area contributed by atoms with Gasteiger partial charge in [-0.15, -0.1) is 0 Å². The van der Waals surface area contributed by atoms with Crippen molar-refractivity contribution in [2.45, 2.75) is 4.90 Å². The molecule has 0 aliphatic rings. The van der Waals surface area contributed by atoms with Crippen molar-refractivity contribution < 1.29 is 22.5 Å². The van der Waals surface area contributed by atoms with Crippen molar-refractivity contribution in [3.05, 3.63) is 54.2 Å². The van der Waals surface area contributed by atoms with E-state index in [1.54, 1.807) is 37.4 Å². The van der Waals surface area contributed by atoms with Crippen molar-refractivity contribution in [2.75, 3.05) is 18.7 Å². The molecule has 0 bridgehead atoms. The predicted octanol–water partition coefficient (Wildman–Crippen LogP) is 3.62. The Morgan fingerprint density at radius 1 is 1.14 bits per heavy atom. The van der Waals surface area contributed by atoms with Crippen LogP contribution in [-0.2, 0) is 9.84 Å². The van der Waals surface area contributed by atoms with Crippen LogP contribution in [0.1, 0.15) is 10.5 Å². The Labute approximate surface area is 170 Å². The van der Waals surface area contributed by atoms with Crippen molar-refractivity contribution in [3.8, 4) is 17.1 Å². The summed E-state index contributed by atoms with van der Waals surface area (Å²) in [6, 6.07) is 13.3. The fourth-order valence-electron chi connectivity index (χ4n) is 2.62. The van der Waals surface area contributed by atoms with Crippen LogP contribution in [0.15, 0.2) is 57.9 Å². The minimum atomic E-state index is -3.32. The molecule has 1 N–H and O–H groups in total. The van der Waals surface area contributed by atoms with Crippen LogP contribution in [0, 0.1) is 0 Å². The maximum Gasteiger partial charge on any atom is 0.279 e. The topological polar surface area (TPSA) is 111 Å². The molecule has 10 heteroatoms. The second kappa shape index (κ2) is 7.30. The number of carbonyl (C=O) groups is 1.